The highest BCUT2D eigenvalue weighted by molar-refractivity contribution is 5.92. The van der Waals surface area contributed by atoms with Gasteiger partial charge in [-0.15, -0.1) is 0 Å². The van der Waals surface area contributed by atoms with Gasteiger partial charge in [0.05, 0.1) is 19.2 Å². The Morgan fingerprint density at radius 2 is 2.00 bits per heavy atom. The normalized spacial score (nSPS) is 19.2. The summed E-state index contributed by atoms with van der Waals surface area (Å²) >= 11 is 0. The molecule has 0 aliphatic carbocycles. The topological polar surface area (TPSA) is 60.9 Å². The molecule has 2 amide bonds. The van der Waals surface area contributed by atoms with Crippen molar-refractivity contribution in [1.82, 2.24) is 9.80 Å². The SMILES string of the molecule is CCC(O)CCCN1CC(=O)N(C)CC1=O. The summed E-state index contributed by atoms with van der Waals surface area (Å²) in [6.45, 7) is 2.84. The van der Waals surface area contributed by atoms with E-state index in [4.69, 9.17) is 0 Å². The number of piperazine rings is 1. The van der Waals surface area contributed by atoms with Crippen molar-refractivity contribution in [2.75, 3.05) is 26.7 Å². The van der Waals surface area contributed by atoms with Crippen LogP contribution in [0.15, 0.2) is 0 Å². The van der Waals surface area contributed by atoms with Crippen molar-refractivity contribution in [2.24, 2.45) is 0 Å². The fraction of sp³-hybridized carbons (Fsp3) is 0.818. The van der Waals surface area contributed by atoms with Gasteiger partial charge in [0.2, 0.25) is 11.8 Å². The minimum absolute atomic E-state index is 0.00640. The molecule has 0 spiro atoms. The van der Waals surface area contributed by atoms with Crippen molar-refractivity contribution in [3.05, 3.63) is 0 Å². The van der Waals surface area contributed by atoms with Gasteiger partial charge in [0.1, 0.15) is 0 Å². The van der Waals surface area contributed by atoms with Gasteiger partial charge in [0.25, 0.3) is 0 Å². The summed E-state index contributed by atoms with van der Waals surface area (Å²) in [5, 5.41) is 9.37. The second-order valence-electron chi connectivity index (χ2n) is 4.27. The van der Waals surface area contributed by atoms with E-state index in [-0.39, 0.29) is 31.0 Å². The van der Waals surface area contributed by atoms with Gasteiger partial charge in [0.15, 0.2) is 0 Å². The molecule has 0 aromatic carbocycles. The van der Waals surface area contributed by atoms with E-state index in [1.54, 1.807) is 11.9 Å². The first kappa shape index (κ1) is 13.0. The Kier molecular flexibility index (Phi) is 4.73. The van der Waals surface area contributed by atoms with E-state index in [0.29, 0.717) is 13.0 Å². The van der Waals surface area contributed by atoms with Crippen molar-refractivity contribution < 1.29 is 14.7 Å². The van der Waals surface area contributed by atoms with Crippen LogP contribution in [0.3, 0.4) is 0 Å². The Bertz CT molecular complexity index is 268. The lowest BCUT2D eigenvalue weighted by atomic mass is 10.1. The Balaban J connectivity index is 2.31. The van der Waals surface area contributed by atoms with E-state index >= 15 is 0 Å². The third-order valence-corrected chi connectivity index (χ3v) is 2.91. The largest absolute Gasteiger partial charge is 0.393 e. The van der Waals surface area contributed by atoms with Crippen LogP contribution >= 0.6 is 0 Å². The molecule has 92 valence electrons. The molecule has 0 saturated carbocycles. The van der Waals surface area contributed by atoms with Crippen LogP contribution in [-0.2, 0) is 9.59 Å². The van der Waals surface area contributed by atoms with Crippen molar-refractivity contribution in [2.45, 2.75) is 32.3 Å². The van der Waals surface area contributed by atoms with Gasteiger partial charge in [-0.05, 0) is 19.3 Å². The molecule has 5 nitrogen and oxygen atoms in total. The minimum Gasteiger partial charge on any atom is -0.393 e. The fourth-order valence-electron chi connectivity index (χ4n) is 1.69. The minimum atomic E-state index is -0.293. The highest BCUT2D eigenvalue weighted by Crippen LogP contribution is 2.07. The van der Waals surface area contributed by atoms with Crippen molar-refractivity contribution in [3.63, 3.8) is 0 Å². The summed E-state index contributed by atoms with van der Waals surface area (Å²) in [5.41, 5.74) is 0. The van der Waals surface area contributed by atoms with E-state index in [0.717, 1.165) is 12.8 Å². The Hall–Kier alpha value is -1.10. The zero-order valence-electron chi connectivity index (χ0n) is 9.98. The van der Waals surface area contributed by atoms with E-state index < -0.39 is 0 Å². The fourth-order valence-corrected chi connectivity index (χ4v) is 1.69. The summed E-state index contributed by atoms with van der Waals surface area (Å²) in [4.78, 5) is 26.0. The maximum absolute atomic E-state index is 11.6. The molecule has 1 saturated heterocycles. The van der Waals surface area contributed by atoms with E-state index in [1.807, 2.05) is 6.92 Å². The van der Waals surface area contributed by atoms with Crippen LogP contribution in [0, 0.1) is 0 Å². The molecular formula is C11H20N2O3. The van der Waals surface area contributed by atoms with E-state index in [9.17, 15) is 14.7 Å². The Morgan fingerprint density at radius 1 is 1.31 bits per heavy atom. The summed E-state index contributed by atoms with van der Waals surface area (Å²) in [5.74, 6) is -0.0243. The summed E-state index contributed by atoms with van der Waals surface area (Å²) in [7, 11) is 1.64. The molecule has 16 heavy (non-hydrogen) atoms. The van der Waals surface area contributed by atoms with Crippen molar-refractivity contribution in [1.29, 1.82) is 0 Å². The molecule has 0 aromatic heterocycles. The van der Waals surface area contributed by atoms with Gasteiger partial charge in [0, 0.05) is 13.6 Å². The standard InChI is InChI=1S/C11H20N2O3/c1-3-9(14)5-4-6-13-8-10(15)12(2)7-11(13)16/h9,14H,3-8H2,1-2H3. The molecule has 1 aliphatic heterocycles. The zero-order valence-corrected chi connectivity index (χ0v) is 9.98. The van der Waals surface area contributed by atoms with Gasteiger partial charge in [-0.25, -0.2) is 0 Å². The molecule has 0 radical (unpaired) electrons. The molecule has 1 atom stereocenters. The van der Waals surface area contributed by atoms with E-state index in [1.165, 1.54) is 4.90 Å². The van der Waals surface area contributed by atoms with Gasteiger partial charge >= 0.3 is 0 Å². The molecule has 1 fully saturated rings. The number of hydrogen-bond acceptors (Lipinski definition) is 3. The number of rotatable bonds is 5. The highest BCUT2D eigenvalue weighted by atomic mass is 16.3. The lowest BCUT2D eigenvalue weighted by Gasteiger charge is -2.31. The first-order valence-corrected chi connectivity index (χ1v) is 5.74. The Morgan fingerprint density at radius 3 is 2.62 bits per heavy atom. The van der Waals surface area contributed by atoms with Gasteiger partial charge in [-0.1, -0.05) is 6.92 Å². The van der Waals surface area contributed by atoms with Crippen LogP contribution < -0.4 is 0 Å². The molecule has 0 aromatic rings. The maximum Gasteiger partial charge on any atom is 0.242 e. The molecule has 1 aliphatic rings. The second kappa shape index (κ2) is 5.84. The van der Waals surface area contributed by atoms with Gasteiger partial charge < -0.3 is 14.9 Å². The average molecular weight is 228 g/mol. The first-order valence-electron chi connectivity index (χ1n) is 5.74. The lowest BCUT2D eigenvalue weighted by molar-refractivity contribution is -0.148. The van der Waals surface area contributed by atoms with Crippen LogP contribution in [-0.4, -0.2) is 59.5 Å². The zero-order chi connectivity index (χ0) is 12.1. The van der Waals surface area contributed by atoms with Crippen molar-refractivity contribution in [3.8, 4) is 0 Å². The summed E-state index contributed by atoms with van der Waals surface area (Å²) < 4.78 is 0. The molecule has 1 N–H and O–H groups in total. The van der Waals surface area contributed by atoms with Crippen LogP contribution in [0.1, 0.15) is 26.2 Å². The maximum atomic E-state index is 11.6. The van der Waals surface area contributed by atoms with Gasteiger partial charge in [-0.3, -0.25) is 9.59 Å². The predicted octanol–water partition coefficient (Wildman–Crippen LogP) is -0.162. The van der Waals surface area contributed by atoms with Gasteiger partial charge in [-0.2, -0.15) is 0 Å². The smallest absolute Gasteiger partial charge is 0.242 e. The number of carbonyl (C=O) groups excluding carboxylic acids is 2. The number of hydrogen-bond donors (Lipinski definition) is 1. The van der Waals surface area contributed by atoms with E-state index in [2.05, 4.69) is 0 Å². The number of likely N-dealkylation sites (N-methyl/N-ethyl adjacent to an activating group) is 1. The highest BCUT2D eigenvalue weighted by Gasteiger charge is 2.26. The third-order valence-electron chi connectivity index (χ3n) is 2.91. The summed E-state index contributed by atoms with van der Waals surface area (Å²) in [6.07, 6.45) is 1.87. The number of carbonyl (C=O) groups is 2. The monoisotopic (exact) mass is 228 g/mol. The molecule has 0 bridgehead atoms. The number of nitrogens with zero attached hydrogens (tertiary/aromatic N) is 2. The first-order chi connectivity index (χ1) is 7.54. The molecule has 1 rings (SSSR count). The summed E-state index contributed by atoms with van der Waals surface area (Å²) in [6, 6.07) is 0. The number of aliphatic hydroxyl groups excluding tert-OH is 1. The van der Waals surface area contributed by atoms with Crippen LogP contribution in [0.25, 0.3) is 0 Å². The van der Waals surface area contributed by atoms with Crippen molar-refractivity contribution >= 4 is 11.8 Å². The third kappa shape index (κ3) is 3.48. The average Bonchev–Trinajstić information content (AvgIpc) is 2.25. The molecule has 1 unspecified atom stereocenters. The number of aliphatic hydroxyl groups is 1. The quantitative estimate of drug-likeness (QED) is 0.711. The lowest BCUT2D eigenvalue weighted by Crippen LogP contribution is -2.52. The van der Waals surface area contributed by atoms with Crippen LogP contribution in [0.4, 0.5) is 0 Å². The molecule has 1 heterocycles. The number of amides is 2. The Labute approximate surface area is 96.0 Å². The van der Waals surface area contributed by atoms with Crippen LogP contribution in [0.5, 0.6) is 0 Å². The van der Waals surface area contributed by atoms with Crippen LogP contribution in [0.2, 0.25) is 0 Å². The molecular weight excluding hydrogens is 208 g/mol. The second-order valence-corrected chi connectivity index (χ2v) is 4.27. The predicted molar refractivity (Wildman–Crippen MR) is 59.7 cm³/mol. The molecule has 5 heteroatoms.